The van der Waals surface area contributed by atoms with Crippen LogP contribution in [0.3, 0.4) is 0 Å². The smallest absolute Gasteiger partial charge is 0.405 e. The number of hydroxylamine groups is 2. The average molecular weight is 404 g/mol. The van der Waals surface area contributed by atoms with Gasteiger partial charge in [-0.1, -0.05) is 30.3 Å². The largest absolute Gasteiger partial charge is 0.438 e. The quantitative estimate of drug-likeness (QED) is 0.636. The maximum absolute atomic E-state index is 12.9. The van der Waals surface area contributed by atoms with Gasteiger partial charge in [0.2, 0.25) is 12.0 Å². The van der Waals surface area contributed by atoms with Crippen molar-refractivity contribution in [3.05, 3.63) is 35.9 Å². The molecule has 0 bridgehead atoms. The van der Waals surface area contributed by atoms with Crippen molar-refractivity contribution in [3.63, 3.8) is 0 Å². The number of rotatable bonds is 9. The van der Waals surface area contributed by atoms with E-state index in [0.29, 0.717) is 12.5 Å². The van der Waals surface area contributed by atoms with E-state index in [1.807, 2.05) is 37.3 Å². The van der Waals surface area contributed by atoms with Crippen LogP contribution in [0.4, 0.5) is 4.79 Å². The van der Waals surface area contributed by atoms with E-state index in [9.17, 15) is 9.59 Å². The Kier molecular flexibility index (Phi) is 6.61. The van der Waals surface area contributed by atoms with E-state index in [-0.39, 0.29) is 17.4 Å². The maximum Gasteiger partial charge on any atom is 0.405 e. The number of hydrogen-bond acceptors (Lipinski definition) is 6. The summed E-state index contributed by atoms with van der Waals surface area (Å²) in [6.45, 7) is 9.69. The van der Waals surface area contributed by atoms with Crippen molar-refractivity contribution in [2.75, 3.05) is 6.54 Å². The van der Waals surface area contributed by atoms with Gasteiger partial charge >= 0.3 is 6.09 Å². The molecule has 1 amide bonds. The van der Waals surface area contributed by atoms with Gasteiger partial charge in [0.25, 0.3) is 0 Å². The molecule has 160 valence electrons. The Balaban J connectivity index is 1.58. The van der Waals surface area contributed by atoms with Crippen LogP contribution in [-0.2, 0) is 14.4 Å². The minimum atomic E-state index is -0.930. The molecule has 2 heterocycles. The van der Waals surface area contributed by atoms with Crippen molar-refractivity contribution in [3.8, 4) is 0 Å². The molecule has 3 rings (SSSR count). The minimum Gasteiger partial charge on any atom is -0.438 e. The zero-order valence-electron chi connectivity index (χ0n) is 17.8. The monoisotopic (exact) mass is 403 g/mol. The number of amides is 1. The second-order valence-corrected chi connectivity index (χ2v) is 8.77. The number of nitrogens with zero attached hydrogens (tertiary/aromatic N) is 2. The van der Waals surface area contributed by atoms with Crippen LogP contribution in [0, 0.1) is 0 Å². The summed E-state index contributed by atoms with van der Waals surface area (Å²) >= 11 is 0. The van der Waals surface area contributed by atoms with Crippen molar-refractivity contribution >= 4 is 11.9 Å². The third-order valence-electron chi connectivity index (χ3n) is 6.23. The number of carbonyl (C=O) groups excluding carboxylic acids is 2. The Morgan fingerprint density at radius 1 is 1.24 bits per heavy atom. The summed E-state index contributed by atoms with van der Waals surface area (Å²) in [5, 5.41) is 1.64. The summed E-state index contributed by atoms with van der Waals surface area (Å²) in [6, 6.07) is 10.1. The highest BCUT2D eigenvalue weighted by Gasteiger charge is 2.49. The van der Waals surface area contributed by atoms with Gasteiger partial charge in [-0.15, -0.1) is 5.06 Å². The van der Waals surface area contributed by atoms with Crippen LogP contribution in [0.15, 0.2) is 30.3 Å². The van der Waals surface area contributed by atoms with Gasteiger partial charge in [-0.3, -0.25) is 14.5 Å². The van der Waals surface area contributed by atoms with Crippen LogP contribution in [-0.4, -0.2) is 52.3 Å². The van der Waals surface area contributed by atoms with Gasteiger partial charge in [0.1, 0.15) is 0 Å². The molecule has 0 radical (unpaired) electrons. The molecule has 0 saturated carbocycles. The Morgan fingerprint density at radius 2 is 1.93 bits per heavy atom. The van der Waals surface area contributed by atoms with Crippen molar-refractivity contribution in [1.29, 1.82) is 0 Å². The summed E-state index contributed by atoms with van der Waals surface area (Å²) in [6.07, 6.45) is 1.00. The normalized spacial score (nSPS) is 26.5. The van der Waals surface area contributed by atoms with E-state index in [0.717, 1.165) is 18.5 Å². The lowest BCUT2D eigenvalue weighted by Crippen LogP contribution is -2.45. The number of primary amides is 1. The van der Waals surface area contributed by atoms with E-state index in [2.05, 4.69) is 25.7 Å². The Bertz CT molecular complexity index is 724. The number of benzene rings is 1. The molecule has 2 aliphatic heterocycles. The van der Waals surface area contributed by atoms with E-state index >= 15 is 0 Å². The molecular weight excluding hydrogens is 370 g/mol. The summed E-state index contributed by atoms with van der Waals surface area (Å²) in [5.41, 5.74) is 6.44. The third-order valence-corrected chi connectivity index (χ3v) is 6.23. The summed E-state index contributed by atoms with van der Waals surface area (Å²) in [4.78, 5) is 32.3. The molecule has 7 nitrogen and oxygen atoms in total. The molecule has 29 heavy (non-hydrogen) atoms. The predicted octanol–water partition coefficient (Wildman–Crippen LogP) is 3.40. The first-order chi connectivity index (χ1) is 13.7. The van der Waals surface area contributed by atoms with Gasteiger partial charge in [-0.25, -0.2) is 4.79 Å². The van der Waals surface area contributed by atoms with Crippen molar-refractivity contribution in [1.82, 2.24) is 9.96 Å². The molecule has 0 aliphatic carbocycles. The Morgan fingerprint density at radius 3 is 2.52 bits per heavy atom. The van der Waals surface area contributed by atoms with Crippen LogP contribution < -0.4 is 5.73 Å². The molecule has 0 aromatic heterocycles. The minimum absolute atomic E-state index is 0.0660. The number of ketones is 1. The zero-order chi connectivity index (χ0) is 21.2. The van der Waals surface area contributed by atoms with Crippen molar-refractivity contribution < 1.29 is 19.2 Å². The first-order valence-electron chi connectivity index (χ1n) is 10.5. The SMILES string of the molecule is CC(CC[C@H](OC(N)=O)C(=O)C1ON1[C@H](C)c1ccccc1)N1CCCC1(C)C. The van der Waals surface area contributed by atoms with Crippen LogP contribution in [0.25, 0.3) is 0 Å². The van der Waals surface area contributed by atoms with E-state index in [1.54, 1.807) is 5.06 Å². The number of ether oxygens (including phenoxy) is 1. The molecule has 1 aromatic rings. The highest BCUT2D eigenvalue weighted by Crippen LogP contribution is 2.36. The standard InChI is InChI=1S/C22H33N3O4/c1-15(24-14-8-13-22(24,3)4)11-12-18(28-21(23)27)19(26)20-25(29-20)16(2)17-9-6-5-7-10-17/h5-7,9-10,15-16,18,20H,8,11-14H2,1-4H3,(H2,23,27)/t15?,16-,18+,20?,25?/m1/s1. The fourth-order valence-electron chi connectivity index (χ4n) is 4.49. The average Bonchev–Trinajstić information content (AvgIpc) is 3.40. The first kappa shape index (κ1) is 21.7. The third kappa shape index (κ3) is 5.15. The molecule has 7 heteroatoms. The second kappa shape index (κ2) is 8.81. The molecule has 2 fully saturated rings. The lowest BCUT2D eigenvalue weighted by molar-refractivity contribution is -0.129. The molecule has 0 spiro atoms. The van der Waals surface area contributed by atoms with Crippen molar-refractivity contribution in [2.24, 2.45) is 5.73 Å². The van der Waals surface area contributed by atoms with E-state index < -0.39 is 18.4 Å². The zero-order valence-corrected chi connectivity index (χ0v) is 17.8. The summed E-state index contributed by atoms with van der Waals surface area (Å²) in [7, 11) is 0. The highest BCUT2D eigenvalue weighted by molar-refractivity contribution is 5.89. The maximum atomic E-state index is 12.9. The molecule has 2 N–H and O–H groups in total. The van der Waals surface area contributed by atoms with Gasteiger partial charge in [0.15, 0.2) is 6.10 Å². The highest BCUT2D eigenvalue weighted by atomic mass is 16.8. The summed E-state index contributed by atoms with van der Waals surface area (Å²) in [5.74, 6) is -0.250. The van der Waals surface area contributed by atoms with Gasteiger partial charge in [0, 0.05) is 11.6 Å². The van der Waals surface area contributed by atoms with E-state index in [4.69, 9.17) is 15.3 Å². The molecule has 1 aromatic carbocycles. The van der Waals surface area contributed by atoms with Gasteiger partial charge in [0.05, 0.1) is 6.04 Å². The number of nitrogens with two attached hydrogens (primary N) is 1. The molecular formula is C22H33N3O4. The van der Waals surface area contributed by atoms with Crippen molar-refractivity contribution in [2.45, 2.75) is 83.3 Å². The lowest BCUT2D eigenvalue weighted by Gasteiger charge is -2.37. The van der Waals surface area contributed by atoms with Crippen LogP contribution in [0.5, 0.6) is 0 Å². The molecule has 2 aliphatic rings. The summed E-state index contributed by atoms with van der Waals surface area (Å²) < 4.78 is 5.18. The molecule has 2 saturated heterocycles. The fourth-order valence-corrected chi connectivity index (χ4v) is 4.49. The molecule has 5 atom stereocenters. The topological polar surface area (TPSA) is 88.2 Å². The van der Waals surface area contributed by atoms with Crippen LogP contribution in [0.1, 0.15) is 65.0 Å². The number of hydrogen-bond donors (Lipinski definition) is 1. The fraction of sp³-hybridized carbons (Fsp3) is 0.636. The number of likely N-dealkylation sites (tertiary alicyclic amines) is 1. The van der Waals surface area contributed by atoms with Crippen LogP contribution >= 0.6 is 0 Å². The Hall–Kier alpha value is -1.96. The predicted molar refractivity (Wildman–Crippen MR) is 110 cm³/mol. The lowest BCUT2D eigenvalue weighted by atomic mass is 9.98. The van der Waals surface area contributed by atoms with E-state index in [1.165, 1.54) is 12.8 Å². The number of Topliss-reactive ketones (excluding diaryl/α,β-unsaturated/α-hetero) is 1. The number of carbonyl (C=O) groups is 2. The second-order valence-electron chi connectivity index (χ2n) is 8.77. The van der Waals surface area contributed by atoms with Gasteiger partial charge in [-0.05, 0) is 65.5 Å². The molecule has 3 unspecified atom stereocenters. The Labute approximate surface area is 173 Å². The van der Waals surface area contributed by atoms with Crippen LogP contribution in [0.2, 0.25) is 0 Å². The first-order valence-corrected chi connectivity index (χ1v) is 10.5. The van der Waals surface area contributed by atoms with Gasteiger partial charge < -0.3 is 10.5 Å². The van der Waals surface area contributed by atoms with Gasteiger partial charge in [-0.2, -0.15) is 0 Å².